The van der Waals surface area contributed by atoms with Crippen molar-refractivity contribution in [2.75, 3.05) is 24.2 Å². The highest BCUT2D eigenvalue weighted by Crippen LogP contribution is 2.31. The van der Waals surface area contributed by atoms with E-state index in [1.54, 1.807) is 0 Å². The number of rotatable bonds is 5. The number of thioether (sulfide) groups is 1. The molecule has 1 aromatic carbocycles. The van der Waals surface area contributed by atoms with Gasteiger partial charge in [-0.25, -0.2) is 0 Å². The van der Waals surface area contributed by atoms with E-state index in [4.69, 9.17) is 0 Å². The molecule has 1 heterocycles. The van der Waals surface area contributed by atoms with E-state index >= 15 is 0 Å². The average molecular weight is 307 g/mol. The third-order valence-corrected chi connectivity index (χ3v) is 5.83. The van der Waals surface area contributed by atoms with E-state index in [2.05, 4.69) is 68.4 Å². The molecule has 1 fully saturated rings. The van der Waals surface area contributed by atoms with E-state index in [0.29, 0.717) is 12.0 Å². The molecule has 1 unspecified atom stereocenters. The lowest BCUT2D eigenvalue weighted by Crippen LogP contribution is -2.65. The van der Waals surface area contributed by atoms with Gasteiger partial charge in [0, 0.05) is 35.3 Å². The van der Waals surface area contributed by atoms with E-state index in [1.165, 1.54) is 23.4 Å². The zero-order chi connectivity index (χ0) is 15.5. The fourth-order valence-electron chi connectivity index (χ4n) is 3.31. The van der Waals surface area contributed by atoms with Gasteiger partial charge >= 0.3 is 0 Å². The van der Waals surface area contributed by atoms with Crippen LogP contribution in [0.3, 0.4) is 0 Å². The standard InChI is InChI=1S/C18H30N2S/c1-6-18(7-2)13-20(17(12-19-18)14(3)4)15-8-10-16(21-5)11-9-15/h8-11,14,17,19H,6-7,12-13H2,1-5H3. The van der Waals surface area contributed by atoms with Crippen molar-refractivity contribution >= 4 is 17.4 Å². The summed E-state index contributed by atoms with van der Waals surface area (Å²) in [6.45, 7) is 11.5. The predicted octanol–water partition coefficient (Wildman–Crippen LogP) is 4.40. The van der Waals surface area contributed by atoms with Crippen molar-refractivity contribution in [3.63, 3.8) is 0 Å². The second-order valence-corrected chi connectivity index (χ2v) is 7.39. The Morgan fingerprint density at radius 3 is 2.33 bits per heavy atom. The van der Waals surface area contributed by atoms with Gasteiger partial charge in [0.15, 0.2) is 0 Å². The largest absolute Gasteiger partial charge is 0.365 e. The number of hydrogen-bond acceptors (Lipinski definition) is 3. The van der Waals surface area contributed by atoms with Crippen molar-refractivity contribution in [1.82, 2.24) is 5.32 Å². The Morgan fingerprint density at radius 2 is 1.86 bits per heavy atom. The highest BCUT2D eigenvalue weighted by Gasteiger charge is 2.37. The van der Waals surface area contributed by atoms with Gasteiger partial charge in [0.1, 0.15) is 0 Å². The zero-order valence-corrected chi connectivity index (χ0v) is 15.0. The van der Waals surface area contributed by atoms with Gasteiger partial charge in [-0.3, -0.25) is 0 Å². The molecule has 1 atom stereocenters. The van der Waals surface area contributed by atoms with Crippen molar-refractivity contribution in [2.24, 2.45) is 5.92 Å². The maximum absolute atomic E-state index is 3.84. The normalized spacial score (nSPS) is 21.8. The average Bonchev–Trinajstić information content (AvgIpc) is 2.54. The number of hydrogen-bond donors (Lipinski definition) is 1. The summed E-state index contributed by atoms with van der Waals surface area (Å²) in [5.74, 6) is 0.657. The topological polar surface area (TPSA) is 15.3 Å². The van der Waals surface area contributed by atoms with Crippen molar-refractivity contribution in [1.29, 1.82) is 0 Å². The summed E-state index contributed by atoms with van der Waals surface area (Å²) < 4.78 is 0. The Bertz CT molecular complexity index is 437. The Labute approximate surface area is 134 Å². The predicted molar refractivity (Wildman–Crippen MR) is 95.5 cm³/mol. The van der Waals surface area contributed by atoms with Gasteiger partial charge in [-0.05, 0) is 49.3 Å². The summed E-state index contributed by atoms with van der Waals surface area (Å²) in [5.41, 5.74) is 1.64. The monoisotopic (exact) mass is 306 g/mol. The van der Waals surface area contributed by atoms with Gasteiger partial charge in [-0.15, -0.1) is 11.8 Å². The van der Waals surface area contributed by atoms with Crippen LogP contribution in [-0.4, -0.2) is 30.9 Å². The molecule has 3 heteroatoms. The Morgan fingerprint density at radius 1 is 1.24 bits per heavy atom. The summed E-state index contributed by atoms with van der Waals surface area (Å²) in [6.07, 6.45) is 4.51. The second-order valence-electron chi connectivity index (χ2n) is 6.51. The third kappa shape index (κ3) is 3.57. The van der Waals surface area contributed by atoms with E-state index in [-0.39, 0.29) is 5.54 Å². The number of nitrogens with zero attached hydrogens (tertiary/aromatic N) is 1. The van der Waals surface area contributed by atoms with E-state index in [1.807, 2.05) is 11.8 Å². The molecule has 1 N–H and O–H groups in total. The molecule has 0 radical (unpaired) electrons. The minimum absolute atomic E-state index is 0.267. The van der Waals surface area contributed by atoms with Crippen LogP contribution in [0.5, 0.6) is 0 Å². The van der Waals surface area contributed by atoms with Gasteiger partial charge in [0.05, 0.1) is 0 Å². The van der Waals surface area contributed by atoms with Gasteiger partial charge in [-0.2, -0.15) is 0 Å². The molecular weight excluding hydrogens is 276 g/mol. The molecule has 0 aromatic heterocycles. The first-order chi connectivity index (χ1) is 10.0. The summed E-state index contributed by atoms with van der Waals surface area (Å²) in [7, 11) is 0. The molecule has 1 aliphatic rings. The van der Waals surface area contributed by atoms with Gasteiger partial charge in [-0.1, -0.05) is 27.7 Å². The molecule has 21 heavy (non-hydrogen) atoms. The summed E-state index contributed by atoms with van der Waals surface area (Å²) in [5, 5.41) is 3.84. The molecular formula is C18H30N2S. The lowest BCUT2D eigenvalue weighted by Gasteiger charge is -2.50. The first-order valence-electron chi connectivity index (χ1n) is 8.21. The van der Waals surface area contributed by atoms with Crippen LogP contribution in [0.25, 0.3) is 0 Å². The maximum Gasteiger partial charge on any atom is 0.0438 e. The van der Waals surface area contributed by atoms with Crippen molar-refractivity contribution < 1.29 is 0 Å². The van der Waals surface area contributed by atoms with E-state index in [0.717, 1.165) is 13.1 Å². The molecule has 2 rings (SSSR count). The summed E-state index contributed by atoms with van der Waals surface area (Å²) >= 11 is 1.81. The van der Waals surface area contributed by atoms with Crippen molar-refractivity contribution in [3.05, 3.63) is 24.3 Å². The van der Waals surface area contributed by atoms with Crippen LogP contribution in [0.2, 0.25) is 0 Å². The SMILES string of the molecule is CCC1(CC)CN(c2ccc(SC)cc2)C(C(C)C)CN1. The lowest BCUT2D eigenvalue weighted by atomic mass is 9.86. The van der Waals surface area contributed by atoms with Gasteiger partial charge < -0.3 is 10.2 Å². The quantitative estimate of drug-likeness (QED) is 0.812. The number of piperazine rings is 1. The highest BCUT2D eigenvalue weighted by atomic mass is 32.2. The van der Waals surface area contributed by atoms with Crippen LogP contribution in [0.4, 0.5) is 5.69 Å². The smallest absolute Gasteiger partial charge is 0.0438 e. The van der Waals surface area contributed by atoms with Crippen LogP contribution < -0.4 is 10.2 Å². The fraction of sp³-hybridized carbons (Fsp3) is 0.667. The molecule has 0 bridgehead atoms. The van der Waals surface area contributed by atoms with Crippen molar-refractivity contribution in [3.8, 4) is 0 Å². The molecule has 2 nitrogen and oxygen atoms in total. The lowest BCUT2D eigenvalue weighted by molar-refractivity contribution is 0.227. The first kappa shape index (κ1) is 16.7. The van der Waals surface area contributed by atoms with Crippen LogP contribution in [-0.2, 0) is 0 Å². The highest BCUT2D eigenvalue weighted by molar-refractivity contribution is 7.98. The molecule has 1 saturated heterocycles. The van der Waals surface area contributed by atoms with E-state index in [9.17, 15) is 0 Å². The molecule has 0 aliphatic carbocycles. The maximum atomic E-state index is 3.84. The molecule has 118 valence electrons. The number of anilines is 1. The molecule has 1 aliphatic heterocycles. The molecule has 1 aromatic rings. The minimum Gasteiger partial charge on any atom is -0.365 e. The van der Waals surface area contributed by atoms with Crippen LogP contribution in [0.15, 0.2) is 29.2 Å². The summed E-state index contributed by atoms with van der Waals surface area (Å²) in [6, 6.07) is 9.67. The Hall–Kier alpha value is -0.670. The fourth-order valence-corrected chi connectivity index (χ4v) is 3.71. The van der Waals surface area contributed by atoms with Crippen LogP contribution in [0, 0.1) is 5.92 Å². The van der Waals surface area contributed by atoms with E-state index < -0.39 is 0 Å². The molecule has 0 spiro atoms. The van der Waals surface area contributed by atoms with Gasteiger partial charge in [0.2, 0.25) is 0 Å². The Balaban J connectivity index is 2.28. The number of benzene rings is 1. The second kappa shape index (κ2) is 7.06. The first-order valence-corrected chi connectivity index (χ1v) is 9.43. The molecule has 0 amide bonds. The summed E-state index contributed by atoms with van der Waals surface area (Å²) in [4.78, 5) is 3.98. The van der Waals surface area contributed by atoms with Crippen molar-refractivity contribution in [2.45, 2.75) is 57.0 Å². The third-order valence-electron chi connectivity index (χ3n) is 5.09. The zero-order valence-electron chi connectivity index (χ0n) is 14.1. The van der Waals surface area contributed by atoms with Crippen LogP contribution >= 0.6 is 11.8 Å². The number of nitrogens with one attached hydrogen (secondary N) is 1. The van der Waals surface area contributed by atoms with Gasteiger partial charge in [0.25, 0.3) is 0 Å². The molecule has 0 saturated carbocycles. The Kier molecular flexibility index (Phi) is 5.61. The minimum atomic E-state index is 0.267. The van der Waals surface area contributed by atoms with Crippen LogP contribution in [0.1, 0.15) is 40.5 Å².